The number of hydrogen-bond acceptors (Lipinski definition) is 0. The highest BCUT2D eigenvalue weighted by Gasteiger charge is 2.15. The van der Waals surface area contributed by atoms with Crippen LogP contribution >= 0.6 is 0 Å². The van der Waals surface area contributed by atoms with E-state index in [1.165, 1.54) is 71.3 Å². The summed E-state index contributed by atoms with van der Waals surface area (Å²) < 4.78 is 2.39. The molecule has 0 spiro atoms. The smallest absolute Gasteiger partial charge is 0.0541 e. The summed E-state index contributed by atoms with van der Waals surface area (Å²) in [6.07, 6.45) is 0. The zero-order valence-corrected chi connectivity index (χ0v) is 21.4. The normalized spacial score (nSPS) is 11.6. The summed E-state index contributed by atoms with van der Waals surface area (Å²) >= 11 is 0. The first-order valence-electron chi connectivity index (χ1n) is 13.4. The molecule has 8 rings (SSSR count). The summed E-state index contributed by atoms with van der Waals surface area (Å²) in [4.78, 5) is 0. The molecule has 0 aliphatic heterocycles. The van der Waals surface area contributed by atoms with Crippen LogP contribution in [-0.2, 0) is 0 Å². The molecule has 0 saturated carbocycles. The van der Waals surface area contributed by atoms with Crippen LogP contribution < -0.4 is 0 Å². The molecule has 1 aromatic heterocycles. The van der Waals surface area contributed by atoms with E-state index in [2.05, 4.69) is 156 Å². The molecule has 0 aliphatic rings. The van der Waals surface area contributed by atoms with Crippen molar-refractivity contribution >= 4 is 43.4 Å². The van der Waals surface area contributed by atoms with Crippen LogP contribution in [0.2, 0.25) is 0 Å². The lowest BCUT2D eigenvalue weighted by atomic mass is 9.98. The third-order valence-electron chi connectivity index (χ3n) is 7.95. The molecule has 0 saturated heterocycles. The van der Waals surface area contributed by atoms with Crippen molar-refractivity contribution in [2.75, 3.05) is 0 Å². The van der Waals surface area contributed by atoms with Crippen LogP contribution in [-0.4, -0.2) is 4.57 Å². The summed E-state index contributed by atoms with van der Waals surface area (Å²) in [7, 11) is 0. The van der Waals surface area contributed by atoms with Gasteiger partial charge in [0.25, 0.3) is 0 Å². The Balaban J connectivity index is 1.37. The lowest BCUT2D eigenvalue weighted by Crippen LogP contribution is -1.93. The second-order valence-corrected chi connectivity index (χ2v) is 10.3. The average Bonchev–Trinajstić information content (AvgIpc) is 3.34. The Bertz CT molecular complexity index is 2030. The molecule has 0 unspecified atom stereocenters. The molecule has 0 N–H and O–H groups in total. The zero-order chi connectivity index (χ0) is 25.8. The second-order valence-electron chi connectivity index (χ2n) is 10.3. The lowest BCUT2D eigenvalue weighted by Gasteiger charge is -2.09. The Morgan fingerprint density at radius 3 is 1.23 bits per heavy atom. The molecule has 0 atom stereocenters. The lowest BCUT2D eigenvalue weighted by molar-refractivity contribution is 1.18. The van der Waals surface area contributed by atoms with Crippen molar-refractivity contribution in [1.82, 2.24) is 4.57 Å². The molecule has 0 fully saturated rings. The van der Waals surface area contributed by atoms with Crippen molar-refractivity contribution < 1.29 is 0 Å². The van der Waals surface area contributed by atoms with Gasteiger partial charge in [0, 0.05) is 16.5 Å². The molecule has 39 heavy (non-hydrogen) atoms. The Kier molecular flexibility index (Phi) is 4.89. The van der Waals surface area contributed by atoms with Gasteiger partial charge in [-0.1, -0.05) is 103 Å². The average molecular weight is 496 g/mol. The van der Waals surface area contributed by atoms with E-state index in [0.29, 0.717) is 0 Å². The maximum absolute atomic E-state index is 2.39. The molecule has 182 valence electrons. The fourth-order valence-corrected chi connectivity index (χ4v) is 5.98. The molecule has 0 bridgehead atoms. The largest absolute Gasteiger partial charge is 0.309 e. The second kappa shape index (κ2) is 8.72. The fraction of sp³-hybridized carbons (Fsp3) is 0. The Hall–Kier alpha value is -5.14. The van der Waals surface area contributed by atoms with Gasteiger partial charge in [0.2, 0.25) is 0 Å². The third kappa shape index (κ3) is 3.63. The first-order chi connectivity index (χ1) is 19.3. The van der Waals surface area contributed by atoms with Crippen molar-refractivity contribution in [1.29, 1.82) is 0 Å². The highest BCUT2D eigenvalue weighted by atomic mass is 15.0. The topological polar surface area (TPSA) is 4.93 Å². The van der Waals surface area contributed by atoms with Crippen molar-refractivity contribution in [3.63, 3.8) is 0 Å². The van der Waals surface area contributed by atoms with Gasteiger partial charge < -0.3 is 4.57 Å². The molecular weight excluding hydrogens is 470 g/mol. The number of benzene rings is 7. The van der Waals surface area contributed by atoms with Gasteiger partial charge in [0.15, 0.2) is 0 Å². The number of hydrogen-bond donors (Lipinski definition) is 0. The number of nitrogens with zero attached hydrogens (tertiary/aromatic N) is 1. The minimum Gasteiger partial charge on any atom is -0.309 e. The van der Waals surface area contributed by atoms with Gasteiger partial charge in [-0.3, -0.25) is 0 Å². The maximum Gasteiger partial charge on any atom is 0.0541 e. The Morgan fingerprint density at radius 2 is 0.718 bits per heavy atom. The van der Waals surface area contributed by atoms with Crippen LogP contribution in [0.5, 0.6) is 0 Å². The number of aromatic nitrogens is 1. The van der Waals surface area contributed by atoms with E-state index >= 15 is 0 Å². The maximum atomic E-state index is 2.39. The highest BCUT2D eigenvalue weighted by molar-refractivity contribution is 6.12. The van der Waals surface area contributed by atoms with Gasteiger partial charge in [0.1, 0.15) is 0 Å². The van der Waals surface area contributed by atoms with Crippen molar-refractivity contribution in [3.8, 4) is 27.9 Å². The van der Waals surface area contributed by atoms with Crippen LogP contribution in [0, 0.1) is 0 Å². The van der Waals surface area contributed by atoms with Gasteiger partial charge in [-0.25, -0.2) is 0 Å². The predicted octanol–water partition coefficient (Wildman–Crippen LogP) is 10.4. The standard InChI is InChI=1S/C38H25N/c1-2-12-34(13-3-1)39-37-20-18-32(30-16-14-26-8-4-6-10-28(26)22-30)24-35(37)36-25-33(19-21-38(36)39)31-17-15-27-9-5-7-11-29(27)23-31/h1-25H. The molecule has 0 amide bonds. The van der Waals surface area contributed by atoms with Crippen molar-refractivity contribution in [2.45, 2.75) is 0 Å². The van der Waals surface area contributed by atoms with Crippen molar-refractivity contribution in [2.24, 2.45) is 0 Å². The van der Waals surface area contributed by atoms with E-state index in [-0.39, 0.29) is 0 Å². The van der Waals surface area contributed by atoms with Gasteiger partial charge >= 0.3 is 0 Å². The van der Waals surface area contributed by atoms with E-state index in [0.717, 1.165) is 0 Å². The first kappa shape index (κ1) is 21.9. The molecule has 7 aromatic carbocycles. The summed E-state index contributed by atoms with van der Waals surface area (Å²) in [5.41, 5.74) is 8.55. The molecule has 8 aromatic rings. The van der Waals surface area contributed by atoms with E-state index in [4.69, 9.17) is 0 Å². The van der Waals surface area contributed by atoms with E-state index in [1.807, 2.05) is 0 Å². The van der Waals surface area contributed by atoms with E-state index in [9.17, 15) is 0 Å². The quantitative estimate of drug-likeness (QED) is 0.230. The highest BCUT2D eigenvalue weighted by Crippen LogP contribution is 2.38. The van der Waals surface area contributed by atoms with Crippen LogP contribution in [0.1, 0.15) is 0 Å². The molecule has 1 heterocycles. The molecule has 0 aliphatic carbocycles. The molecular formula is C38H25N. The predicted molar refractivity (Wildman–Crippen MR) is 167 cm³/mol. The molecule has 1 heteroatoms. The number of para-hydroxylation sites is 1. The van der Waals surface area contributed by atoms with Crippen molar-refractivity contribution in [3.05, 3.63) is 152 Å². The SMILES string of the molecule is c1ccc(-n2c3ccc(-c4ccc5ccccc5c4)cc3c3cc(-c4ccc5ccccc5c4)ccc32)cc1. The Labute approximate surface area is 227 Å². The third-order valence-corrected chi connectivity index (χ3v) is 7.95. The van der Waals surface area contributed by atoms with Crippen LogP contribution in [0.3, 0.4) is 0 Å². The van der Waals surface area contributed by atoms with Gasteiger partial charge in [-0.2, -0.15) is 0 Å². The summed E-state index contributed by atoms with van der Waals surface area (Å²) in [5.74, 6) is 0. The van der Waals surface area contributed by atoms with Gasteiger partial charge in [0.05, 0.1) is 11.0 Å². The summed E-state index contributed by atoms with van der Waals surface area (Å²) in [6.45, 7) is 0. The molecule has 0 radical (unpaired) electrons. The van der Waals surface area contributed by atoms with Gasteiger partial charge in [-0.05, 0) is 92.3 Å². The summed E-state index contributed by atoms with van der Waals surface area (Å²) in [6, 6.07) is 55.1. The monoisotopic (exact) mass is 495 g/mol. The first-order valence-corrected chi connectivity index (χ1v) is 13.4. The Morgan fingerprint density at radius 1 is 0.308 bits per heavy atom. The van der Waals surface area contributed by atoms with Crippen LogP contribution in [0.4, 0.5) is 0 Å². The van der Waals surface area contributed by atoms with Crippen LogP contribution in [0.15, 0.2) is 152 Å². The fourth-order valence-electron chi connectivity index (χ4n) is 5.98. The number of rotatable bonds is 3. The zero-order valence-electron chi connectivity index (χ0n) is 21.4. The number of fused-ring (bicyclic) bond motifs is 5. The minimum atomic E-state index is 1.18. The van der Waals surface area contributed by atoms with Gasteiger partial charge in [-0.15, -0.1) is 0 Å². The van der Waals surface area contributed by atoms with E-state index < -0.39 is 0 Å². The summed E-state index contributed by atoms with van der Waals surface area (Å²) in [5, 5.41) is 7.59. The minimum absolute atomic E-state index is 1.18. The van der Waals surface area contributed by atoms with E-state index in [1.54, 1.807) is 0 Å². The molecule has 1 nitrogen and oxygen atoms in total. The van der Waals surface area contributed by atoms with Crippen LogP contribution in [0.25, 0.3) is 71.3 Å².